The van der Waals surface area contributed by atoms with Crippen LogP contribution < -0.4 is 5.32 Å². The number of pyridine rings is 1. The zero-order valence-electron chi connectivity index (χ0n) is 15.7. The maximum absolute atomic E-state index is 11.8. The molecule has 0 saturated heterocycles. The summed E-state index contributed by atoms with van der Waals surface area (Å²) in [5.74, 6) is -0.00103. The third-order valence-electron chi connectivity index (χ3n) is 6.06. The predicted octanol–water partition coefficient (Wildman–Crippen LogP) is 4.35. The van der Waals surface area contributed by atoms with E-state index in [4.69, 9.17) is 4.74 Å². The molecule has 0 bridgehead atoms. The third kappa shape index (κ3) is 2.98. The fourth-order valence-electron chi connectivity index (χ4n) is 4.15. The number of aryl methyl sites for hydroxylation is 1. The second-order valence-corrected chi connectivity index (χ2v) is 7.87. The average molecular weight is 350 g/mol. The van der Waals surface area contributed by atoms with E-state index >= 15 is 0 Å². The lowest BCUT2D eigenvalue weighted by Gasteiger charge is -2.26. The number of nitrogens with zero attached hydrogens (tertiary/aromatic N) is 1. The van der Waals surface area contributed by atoms with E-state index in [1.54, 1.807) is 6.07 Å². The predicted molar refractivity (Wildman–Crippen MR) is 103 cm³/mol. The number of nitrogens with one attached hydrogen (secondary N) is 1. The maximum Gasteiger partial charge on any atom is 0.356 e. The van der Waals surface area contributed by atoms with Gasteiger partial charge in [-0.2, -0.15) is 0 Å². The topological polar surface area (TPSA) is 51.2 Å². The van der Waals surface area contributed by atoms with E-state index in [0.717, 1.165) is 18.5 Å². The van der Waals surface area contributed by atoms with Crippen molar-refractivity contribution < 1.29 is 9.53 Å². The van der Waals surface area contributed by atoms with E-state index in [1.807, 2.05) is 12.1 Å². The van der Waals surface area contributed by atoms with E-state index < -0.39 is 0 Å². The number of rotatable bonds is 5. The van der Waals surface area contributed by atoms with E-state index in [2.05, 4.69) is 42.3 Å². The first-order valence-electron chi connectivity index (χ1n) is 9.47. The van der Waals surface area contributed by atoms with Crippen LogP contribution in [0.4, 0.5) is 5.69 Å². The van der Waals surface area contributed by atoms with Gasteiger partial charge in [0.05, 0.1) is 7.11 Å². The SMILES string of the molecule is CCc1ccc2c(c1)NC(C1(C)CC1)C2Cc1cccc(C(=O)OC)n1. The number of fused-ring (bicyclic) bond motifs is 1. The number of hydrogen-bond acceptors (Lipinski definition) is 4. The highest BCUT2D eigenvalue weighted by Gasteiger charge is 2.51. The molecule has 1 aromatic carbocycles. The molecule has 2 unspecified atom stereocenters. The van der Waals surface area contributed by atoms with Gasteiger partial charge in [-0.25, -0.2) is 9.78 Å². The van der Waals surface area contributed by atoms with Crippen LogP contribution in [0.2, 0.25) is 0 Å². The van der Waals surface area contributed by atoms with Crippen LogP contribution in [-0.4, -0.2) is 24.1 Å². The van der Waals surface area contributed by atoms with Gasteiger partial charge in [-0.05, 0) is 60.4 Å². The Morgan fingerprint density at radius 3 is 2.81 bits per heavy atom. The molecule has 1 fully saturated rings. The van der Waals surface area contributed by atoms with Crippen LogP contribution in [0.15, 0.2) is 36.4 Å². The summed E-state index contributed by atoms with van der Waals surface area (Å²) in [5, 5.41) is 3.81. The molecule has 4 heteroatoms. The maximum atomic E-state index is 11.8. The van der Waals surface area contributed by atoms with Gasteiger partial charge in [0.15, 0.2) is 0 Å². The Morgan fingerprint density at radius 2 is 2.12 bits per heavy atom. The fourth-order valence-corrected chi connectivity index (χ4v) is 4.15. The summed E-state index contributed by atoms with van der Waals surface area (Å²) in [6.45, 7) is 4.57. The highest BCUT2D eigenvalue weighted by Crippen LogP contribution is 2.56. The summed E-state index contributed by atoms with van der Waals surface area (Å²) in [7, 11) is 1.39. The quantitative estimate of drug-likeness (QED) is 0.815. The number of ether oxygens (including phenoxy) is 1. The summed E-state index contributed by atoms with van der Waals surface area (Å²) < 4.78 is 4.81. The van der Waals surface area contributed by atoms with Gasteiger partial charge >= 0.3 is 5.97 Å². The molecule has 0 amide bonds. The van der Waals surface area contributed by atoms with Gasteiger partial charge in [-0.3, -0.25) is 0 Å². The van der Waals surface area contributed by atoms with Crippen molar-refractivity contribution in [2.24, 2.45) is 5.41 Å². The van der Waals surface area contributed by atoms with E-state index in [-0.39, 0.29) is 5.97 Å². The van der Waals surface area contributed by atoms with E-state index in [0.29, 0.717) is 23.1 Å². The average Bonchev–Trinajstić information content (AvgIpc) is 3.32. The van der Waals surface area contributed by atoms with Gasteiger partial charge in [0, 0.05) is 23.3 Å². The number of aromatic nitrogens is 1. The molecule has 1 aliphatic heterocycles. The van der Waals surface area contributed by atoms with Crippen LogP contribution in [0.5, 0.6) is 0 Å². The van der Waals surface area contributed by atoms with Gasteiger partial charge in [0.1, 0.15) is 5.69 Å². The zero-order valence-corrected chi connectivity index (χ0v) is 15.7. The standard InChI is InChI=1S/C22H26N2O2/c1-4-14-8-9-16-17(20(22(2)10-11-22)24-19(16)12-14)13-15-6-5-7-18(23-15)21(25)26-3/h5-9,12,17,20,24H,4,10-11,13H2,1-3H3. The number of anilines is 1. The second-order valence-electron chi connectivity index (χ2n) is 7.87. The Morgan fingerprint density at radius 1 is 1.31 bits per heavy atom. The van der Waals surface area contributed by atoms with Crippen LogP contribution >= 0.6 is 0 Å². The molecule has 2 atom stereocenters. The van der Waals surface area contributed by atoms with E-state index in [9.17, 15) is 4.79 Å². The summed E-state index contributed by atoms with van der Waals surface area (Å²) in [5.41, 5.74) is 5.70. The minimum atomic E-state index is -0.380. The molecule has 1 aliphatic carbocycles. The summed E-state index contributed by atoms with van der Waals surface area (Å²) in [4.78, 5) is 16.4. The molecule has 4 nitrogen and oxygen atoms in total. The second kappa shape index (κ2) is 6.42. The highest BCUT2D eigenvalue weighted by atomic mass is 16.5. The fraction of sp³-hybridized carbons (Fsp3) is 0.455. The molecule has 26 heavy (non-hydrogen) atoms. The largest absolute Gasteiger partial charge is 0.464 e. The molecular formula is C22H26N2O2. The van der Waals surface area contributed by atoms with Crippen molar-refractivity contribution in [2.75, 3.05) is 12.4 Å². The molecule has 0 radical (unpaired) electrons. The lowest BCUT2D eigenvalue weighted by Crippen LogP contribution is -2.31. The number of methoxy groups -OCH3 is 1. The van der Waals surface area contributed by atoms with Crippen LogP contribution in [0.1, 0.15) is 59.9 Å². The van der Waals surface area contributed by atoms with Crippen LogP contribution in [0, 0.1) is 5.41 Å². The molecule has 4 rings (SSSR count). The highest BCUT2D eigenvalue weighted by molar-refractivity contribution is 5.87. The zero-order chi connectivity index (χ0) is 18.3. The molecule has 136 valence electrons. The van der Waals surface area contributed by atoms with Crippen LogP contribution in [0.25, 0.3) is 0 Å². The third-order valence-corrected chi connectivity index (χ3v) is 6.06. The number of benzene rings is 1. The first kappa shape index (κ1) is 17.1. The van der Waals surface area contributed by atoms with Gasteiger partial charge in [0.2, 0.25) is 0 Å². The lowest BCUT2D eigenvalue weighted by atomic mass is 9.82. The number of carbonyl (C=O) groups is 1. The van der Waals surface area contributed by atoms with Crippen molar-refractivity contribution in [1.29, 1.82) is 0 Å². The summed E-state index contributed by atoms with van der Waals surface area (Å²) >= 11 is 0. The molecule has 2 aromatic rings. The molecule has 1 aromatic heterocycles. The van der Waals surface area contributed by atoms with Crippen molar-refractivity contribution >= 4 is 11.7 Å². The van der Waals surface area contributed by atoms with Crippen molar-refractivity contribution in [2.45, 2.75) is 51.5 Å². The summed E-state index contributed by atoms with van der Waals surface area (Å²) in [6, 6.07) is 12.9. The van der Waals surface area contributed by atoms with Gasteiger partial charge < -0.3 is 10.1 Å². The first-order valence-corrected chi connectivity index (χ1v) is 9.47. The number of esters is 1. The Labute approximate surface area is 155 Å². The molecule has 1 N–H and O–H groups in total. The van der Waals surface area contributed by atoms with Gasteiger partial charge in [-0.1, -0.05) is 32.0 Å². The molecule has 2 aliphatic rings. The first-order chi connectivity index (χ1) is 12.5. The van der Waals surface area contributed by atoms with Crippen molar-refractivity contribution in [1.82, 2.24) is 4.98 Å². The monoisotopic (exact) mass is 350 g/mol. The van der Waals surface area contributed by atoms with Crippen molar-refractivity contribution in [3.8, 4) is 0 Å². The Kier molecular flexibility index (Phi) is 4.22. The molecule has 0 spiro atoms. The van der Waals surface area contributed by atoms with Crippen LogP contribution in [-0.2, 0) is 17.6 Å². The van der Waals surface area contributed by atoms with Gasteiger partial charge in [0.25, 0.3) is 0 Å². The smallest absolute Gasteiger partial charge is 0.356 e. The Balaban J connectivity index is 1.66. The minimum absolute atomic E-state index is 0.357. The normalized spacial score (nSPS) is 22.4. The number of carbonyl (C=O) groups excluding carboxylic acids is 1. The Bertz CT molecular complexity index is 842. The van der Waals surface area contributed by atoms with E-state index in [1.165, 1.54) is 36.8 Å². The lowest BCUT2D eigenvalue weighted by molar-refractivity contribution is 0.0593. The minimum Gasteiger partial charge on any atom is -0.464 e. The van der Waals surface area contributed by atoms with Crippen molar-refractivity contribution in [3.05, 3.63) is 58.9 Å². The Hall–Kier alpha value is -2.36. The van der Waals surface area contributed by atoms with Gasteiger partial charge in [-0.15, -0.1) is 0 Å². The molecule has 1 saturated carbocycles. The summed E-state index contributed by atoms with van der Waals surface area (Å²) in [6.07, 6.45) is 4.41. The number of hydrogen-bond donors (Lipinski definition) is 1. The molecular weight excluding hydrogens is 324 g/mol. The van der Waals surface area contributed by atoms with Crippen molar-refractivity contribution in [3.63, 3.8) is 0 Å². The van der Waals surface area contributed by atoms with Crippen LogP contribution in [0.3, 0.4) is 0 Å². The molecule has 2 heterocycles.